The molecule has 2 N–H and O–H groups in total. The van der Waals surface area contributed by atoms with Gasteiger partial charge in [-0.2, -0.15) is 5.10 Å². The van der Waals surface area contributed by atoms with Crippen molar-refractivity contribution in [3.8, 4) is 0 Å². The van der Waals surface area contributed by atoms with Crippen LogP contribution in [0.3, 0.4) is 0 Å². The highest BCUT2D eigenvalue weighted by molar-refractivity contribution is 5.99. The number of nitrogens with one attached hydrogen (secondary N) is 2. The maximum absolute atomic E-state index is 12.2. The number of rotatable bonds is 6. The maximum atomic E-state index is 12.2. The Hall–Kier alpha value is -2.86. The van der Waals surface area contributed by atoms with E-state index in [4.69, 9.17) is 4.74 Å². The molecule has 1 heterocycles. The van der Waals surface area contributed by atoms with Crippen LogP contribution in [-0.2, 0) is 9.53 Å². The van der Waals surface area contributed by atoms with Crippen molar-refractivity contribution in [1.82, 2.24) is 5.43 Å². The molecule has 0 bridgehead atoms. The van der Waals surface area contributed by atoms with Gasteiger partial charge in [-0.1, -0.05) is 29.8 Å². The fourth-order valence-corrected chi connectivity index (χ4v) is 3.61. The summed E-state index contributed by atoms with van der Waals surface area (Å²) in [5, 5.41) is 7.47. The minimum atomic E-state index is -0.173. The summed E-state index contributed by atoms with van der Waals surface area (Å²) in [6.45, 7) is 11.6. The standard InChI is InChI=1S/C23H30N4O2/c1-16-13-17(2)23(18(3)14-16)24-15-22(28)26-25-19(4)20-5-7-21(8-6-20)27-9-11-29-12-10-27/h5-8,13-14,24H,9-12,15H2,1-4H3,(H,26,28)/b25-19-. The Morgan fingerprint density at radius 3 is 2.31 bits per heavy atom. The Morgan fingerprint density at radius 1 is 1.07 bits per heavy atom. The number of anilines is 2. The van der Waals surface area contributed by atoms with Crippen molar-refractivity contribution >= 4 is 23.0 Å². The Bertz CT molecular complexity index is 861. The van der Waals surface area contributed by atoms with Crippen molar-refractivity contribution in [3.63, 3.8) is 0 Å². The smallest absolute Gasteiger partial charge is 0.259 e. The molecule has 0 aromatic heterocycles. The summed E-state index contributed by atoms with van der Waals surface area (Å²) < 4.78 is 5.40. The average Bonchev–Trinajstić information content (AvgIpc) is 2.72. The molecule has 6 heteroatoms. The van der Waals surface area contributed by atoms with Crippen molar-refractivity contribution in [1.29, 1.82) is 0 Å². The van der Waals surface area contributed by atoms with Gasteiger partial charge >= 0.3 is 0 Å². The van der Waals surface area contributed by atoms with E-state index in [0.29, 0.717) is 0 Å². The normalized spacial score (nSPS) is 14.6. The van der Waals surface area contributed by atoms with Crippen molar-refractivity contribution in [3.05, 3.63) is 58.7 Å². The number of carbonyl (C=O) groups is 1. The van der Waals surface area contributed by atoms with Crippen molar-refractivity contribution in [2.45, 2.75) is 27.7 Å². The van der Waals surface area contributed by atoms with E-state index in [1.54, 1.807) is 0 Å². The highest BCUT2D eigenvalue weighted by Gasteiger charge is 2.11. The summed E-state index contributed by atoms with van der Waals surface area (Å²) >= 11 is 0. The molecule has 0 radical (unpaired) electrons. The van der Waals surface area contributed by atoms with Gasteiger partial charge in [-0.05, 0) is 56.5 Å². The van der Waals surface area contributed by atoms with E-state index in [0.717, 1.165) is 54.4 Å². The second kappa shape index (κ2) is 9.56. The molecule has 0 aliphatic carbocycles. The van der Waals surface area contributed by atoms with E-state index < -0.39 is 0 Å². The van der Waals surface area contributed by atoms with Crippen molar-refractivity contribution in [2.75, 3.05) is 43.1 Å². The molecule has 1 aliphatic rings. The van der Waals surface area contributed by atoms with Crippen LogP contribution >= 0.6 is 0 Å². The number of ether oxygens (including phenoxy) is 1. The van der Waals surface area contributed by atoms with Crippen LogP contribution in [0.4, 0.5) is 11.4 Å². The fourth-order valence-electron chi connectivity index (χ4n) is 3.61. The van der Waals surface area contributed by atoms with Crippen LogP contribution in [-0.4, -0.2) is 44.5 Å². The third-order valence-corrected chi connectivity index (χ3v) is 5.11. The summed E-state index contributed by atoms with van der Waals surface area (Å²) in [6.07, 6.45) is 0. The zero-order valence-electron chi connectivity index (χ0n) is 17.7. The first-order valence-electron chi connectivity index (χ1n) is 10.0. The number of hydrogen-bond donors (Lipinski definition) is 2. The molecule has 2 aromatic carbocycles. The minimum Gasteiger partial charge on any atom is -0.378 e. The van der Waals surface area contributed by atoms with Crippen LogP contribution in [0.5, 0.6) is 0 Å². The predicted molar refractivity (Wildman–Crippen MR) is 119 cm³/mol. The van der Waals surface area contributed by atoms with Crippen LogP contribution in [0.1, 0.15) is 29.2 Å². The topological polar surface area (TPSA) is 66.0 Å². The fraction of sp³-hybridized carbons (Fsp3) is 0.391. The number of nitrogens with zero attached hydrogens (tertiary/aromatic N) is 2. The number of aryl methyl sites for hydroxylation is 3. The van der Waals surface area contributed by atoms with Gasteiger partial charge < -0.3 is 15.0 Å². The van der Waals surface area contributed by atoms with E-state index in [1.165, 1.54) is 11.3 Å². The molecule has 3 rings (SSSR count). The molecular formula is C23H30N4O2. The molecule has 0 atom stereocenters. The van der Waals surface area contributed by atoms with Gasteiger partial charge in [0.1, 0.15) is 0 Å². The highest BCUT2D eigenvalue weighted by Crippen LogP contribution is 2.21. The third kappa shape index (κ3) is 5.57. The van der Waals surface area contributed by atoms with Crippen LogP contribution < -0.4 is 15.6 Å². The first-order chi connectivity index (χ1) is 13.9. The van der Waals surface area contributed by atoms with Gasteiger partial charge in [-0.15, -0.1) is 0 Å². The quantitative estimate of drug-likeness (QED) is 0.582. The highest BCUT2D eigenvalue weighted by atomic mass is 16.5. The third-order valence-electron chi connectivity index (χ3n) is 5.11. The monoisotopic (exact) mass is 394 g/mol. The predicted octanol–water partition coefficient (Wildman–Crippen LogP) is 3.40. The number of carbonyl (C=O) groups excluding carboxylic acids is 1. The number of amides is 1. The molecule has 29 heavy (non-hydrogen) atoms. The molecule has 2 aromatic rings. The van der Waals surface area contributed by atoms with Gasteiger partial charge in [0.15, 0.2) is 0 Å². The molecule has 154 valence electrons. The molecule has 0 saturated carbocycles. The molecule has 1 fully saturated rings. The summed E-state index contributed by atoms with van der Waals surface area (Å²) in [6, 6.07) is 12.5. The lowest BCUT2D eigenvalue weighted by atomic mass is 10.1. The SMILES string of the molecule is C/C(=N/NC(=O)CNc1c(C)cc(C)cc1C)c1ccc(N2CCOCC2)cc1. The van der Waals surface area contributed by atoms with Crippen LogP contribution in [0.15, 0.2) is 41.5 Å². The number of morpholine rings is 1. The Morgan fingerprint density at radius 2 is 1.69 bits per heavy atom. The zero-order valence-corrected chi connectivity index (χ0v) is 17.7. The van der Waals surface area contributed by atoms with Crippen LogP contribution in [0.2, 0.25) is 0 Å². The van der Waals surface area contributed by atoms with E-state index in [2.05, 4.69) is 51.9 Å². The Kier molecular flexibility index (Phi) is 6.88. The Labute approximate surface area is 172 Å². The molecule has 1 amide bonds. The summed E-state index contributed by atoms with van der Waals surface area (Å²) in [5.74, 6) is -0.173. The van der Waals surface area contributed by atoms with E-state index in [1.807, 2.05) is 32.9 Å². The first-order valence-corrected chi connectivity index (χ1v) is 10.0. The lowest BCUT2D eigenvalue weighted by Gasteiger charge is -2.28. The molecule has 6 nitrogen and oxygen atoms in total. The zero-order chi connectivity index (χ0) is 20.8. The first kappa shape index (κ1) is 20.9. The van der Waals surface area contributed by atoms with Gasteiger partial charge in [0.2, 0.25) is 0 Å². The summed E-state index contributed by atoms with van der Waals surface area (Å²) in [4.78, 5) is 14.5. The largest absolute Gasteiger partial charge is 0.378 e. The lowest BCUT2D eigenvalue weighted by Crippen LogP contribution is -2.36. The van der Waals surface area contributed by atoms with Crippen molar-refractivity contribution in [2.24, 2.45) is 5.10 Å². The summed E-state index contributed by atoms with van der Waals surface area (Å²) in [7, 11) is 0. The van der Waals surface area contributed by atoms with Crippen molar-refractivity contribution < 1.29 is 9.53 Å². The molecule has 1 saturated heterocycles. The van der Waals surface area contributed by atoms with Crippen LogP contribution in [0, 0.1) is 20.8 Å². The summed E-state index contributed by atoms with van der Waals surface area (Å²) in [5.41, 5.74) is 10.1. The second-order valence-electron chi connectivity index (χ2n) is 7.51. The van der Waals surface area contributed by atoms with Gasteiger partial charge in [-0.3, -0.25) is 4.79 Å². The number of hydrazone groups is 1. The van der Waals surface area contributed by atoms with E-state index in [-0.39, 0.29) is 12.5 Å². The maximum Gasteiger partial charge on any atom is 0.259 e. The molecule has 0 spiro atoms. The molecular weight excluding hydrogens is 364 g/mol. The number of benzene rings is 2. The number of hydrogen-bond acceptors (Lipinski definition) is 5. The van der Waals surface area contributed by atoms with Gasteiger partial charge in [0, 0.05) is 24.5 Å². The van der Waals surface area contributed by atoms with E-state index >= 15 is 0 Å². The van der Waals surface area contributed by atoms with Crippen LogP contribution in [0.25, 0.3) is 0 Å². The van der Waals surface area contributed by atoms with Gasteiger partial charge in [0.25, 0.3) is 5.91 Å². The Balaban J connectivity index is 1.54. The minimum absolute atomic E-state index is 0.173. The lowest BCUT2D eigenvalue weighted by molar-refractivity contribution is -0.119. The van der Waals surface area contributed by atoms with E-state index in [9.17, 15) is 4.79 Å². The van der Waals surface area contributed by atoms with Gasteiger partial charge in [0.05, 0.1) is 25.5 Å². The van der Waals surface area contributed by atoms with Gasteiger partial charge in [-0.25, -0.2) is 5.43 Å². The molecule has 1 aliphatic heterocycles. The second-order valence-corrected chi connectivity index (χ2v) is 7.51. The average molecular weight is 395 g/mol. The molecule has 0 unspecified atom stereocenters.